The second-order valence-electron chi connectivity index (χ2n) is 6.60. The van der Waals surface area contributed by atoms with Gasteiger partial charge in [-0.1, -0.05) is 37.8 Å². The van der Waals surface area contributed by atoms with Crippen molar-refractivity contribution in [1.29, 1.82) is 0 Å². The third-order valence-electron chi connectivity index (χ3n) is 4.83. The lowest BCUT2D eigenvalue weighted by Gasteiger charge is -2.35. The number of amides is 1. The molecule has 1 saturated carbocycles. The normalized spacial score (nSPS) is 25.4. The number of hydrogen-bond donors (Lipinski definition) is 2. The van der Waals surface area contributed by atoms with Crippen molar-refractivity contribution in [2.45, 2.75) is 63.2 Å². The summed E-state index contributed by atoms with van der Waals surface area (Å²) in [5, 5.41) is 12.5. The summed E-state index contributed by atoms with van der Waals surface area (Å²) in [7, 11) is 0. The standard InChI is InChI=1S/C18H23NO5/c1-12-15(24-14-9-5-4-8-13(14)23-12)16(20)19-18(17(21)22)10-6-2-3-7-11-18/h4-5,8-9,12,15H,2-3,6-7,10-11H2,1H3,(H,19,20)(H,21,22). The summed E-state index contributed by atoms with van der Waals surface area (Å²) in [5.74, 6) is -0.304. The molecule has 2 N–H and O–H groups in total. The van der Waals surface area contributed by atoms with E-state index in [-0.39, 0.29) is 0 Å². The number of benzene rings is 1. The van der Waals surface area contributed by atoms with Crippen molar-refractivity contribution in [3.8, 4) is 11.5 Å². The highest BCUT2D eigenvalue weighted by Crippen LogP contribution is 2.34. The largest absolute Gasteiger partial charge is 0.482 e. The maximum atomic E-state index is 12.7. The third-order valence-corrected chi connectivity index (χ3v) is 4.83. The van der Waals surface area contributed by atoms with E-state index in [0.29, 0.717) is 24.3 Å². The molecule has 2 atom stereocenters. The maximum absolute atomic E-state index is 12.7. The molecule has 1 aromatic rings. The number of carboxylic acid groups (broad SMARTS) is 1. The van der Waals surface area contributed by atoms with Crippen molar-refractivity contribution in [2.75, 3.05) is 0 Å². The quantitative estimate of drug-likeness (QED) is 0.830. The molecule has 0 saturated heterocycles. The molecule has 0 aromatic heterocycles. The van der Waals surface area contributed by atoms with Crippen LogP contribution in [0.1, 0.15) is 45.4 Å². The number of para-hydroxylation sites is 2. The van der Waals surface area contributed by atoms with Crippen LogP contribution in [0.15, 0.2) is 24.3 Å². The number of carbonyl (C=O) groups excluding carboxylic acids is 1. The first-order chi connectivity index (χ1) is 11.5. The summed E-state index contributed by atoms with van der Waals surface area (Å²) in [6, 6.07) is 7.15. The number of carboxylic acids is 1. The van der Waals surface area contributed by atoms with Gasteiger partial charge in [0.1, 0.15) is 11.6 Å². The molecular formula is C18H23NO5. The number of nitrogens with one attached hydrogen (secondary N) is 1. The van der Waals surface area contributed by atoms with Crippen molar-refractivity contribution < 1.29 is 24.2 Å². The van der Waals surface area contributed by atoms with Crippen molar-refractivity contribution in [2.24, 2.45) is 0 Å². The van der Waals surface area contributed by atoms with E-state index in [1.807, 2.05) is 6.07 Å². The molecule has 1 fully saturated rings. The predicted octanol–water partition coefficient (Wildman–Crippen LogP) is 2.51. The molecule has 1 aliphatic carbocycles. The molecule has 3 rings (SSSR count). The molecule has 2 aliphatic rings. The average molecular weight is 333 g/mol. The fourth-order valence-electron chi connectivity index (χ4n) is 3.44. The predicted molar refractivity (Wildman–Crippen MR) is 87.2 cm³/mol. The summed E-state index contributed by atoms with van der Waals surface area (Å²) in [6.45, 7) is 1.75. The molecule has 1 aromatic carbocycles. The smallest absolute Gasteiger partial charge is 0.329 e. The van der Waals surface area contributed by atoms with Crippen molar-refractivity contribution in [3.05, 3.63) is 24.3 Å². The maximum Gasteiger partial charge on any atom is 0.329 e. The van der Waals surface area contributed by atoms with Crippen molar-refractivity contribution >= 4 is 11.9 Å². The zero-order valence-electron chi connectivity index (χ0n) is 13.8. The van der Waals surface area contributed by atoms with E-state index in [9.17, 15) is 14.7 Å². The van der Waals surface area contributed by atoms with Crippen LogP contribution in [0.2, 0.25) is 0 Å². The molecule has 1 heterocycles. The Bertz CT molecular complexity index is 622. The minimum atomic E-state index is -1.20. The Hall–Kier alpha value is -2.24. The number of hydrogen-bond acceptors (Lipinski definition) is 4. The van der Waals surface area contributed by atoms with E-state index in [2.05, 4.69) is 5.32 Å². The summed E-state index contributed by atoms with van der Waals surface area (Å²) < 4.78 is 11.5. The lowest BCUT2D eigenvalue weighted by molar-refractivity contribution is -0.151. The van der Waals surface area contributed by atoms with E-state index in [0.717, 1.165) is 25.7 Å². The van der Waals surface area contributed by atoms with Crippen LogP contribution >= 0.6 is 0 Å². The van der Waals surface area contributed by atoms with Crippen molar-refractivity contribution in [1.82, 2.24) is 5.32 Å². The lowest BCUT2D eigenvalue weighted by Crippen LogP contribution is -2.60. The zero-order chi connectivity index (χ0) is 17.2. The minimum absolute atomic E-state index is 0.429. The Morgan fingerprint density at radius 1 is 1.08 bits per heavy atom. The van der Waals surface area contributed by atoms with Gasteiger partial charge in [0.25, 0.3) is 5.91 Å². The molecule has 0 radical (unpaired) electrons. The third kappa shape index (κ3) is 3.18. The molecule has 6 nitrogen and oxygen atoms in total. The topological polar surface area (TPSA) is 84.9 Å². The van der Waals surface area contributed by atoms with Gasteiger partial charge in [-0.15, -0.1) is 0 Å². The molecule has 24 heavy (non-hydrogen) atoms. The molecule has 1 amide bonds. The van der Waals surface area contributed by atoms with E-state index >= 15 is 0 Å². The Kier molecular flexibility index (Phi) is 4.64. The fourth-order valence-corrected chi connectivity index (χ4v) is 3.44. The van der Waals surface area contributed by atoms with Crippen LogP contribution in [-0.2, 0) is 9.59 Å². The zero-order valence-corrected chi connectivity index (χ0v) is 13.8. The average Bonchev–Trinajstić information content (AvgIpc) is 2.80. The van der Waals surface area contributed by atoms with Crippen LogP contribution in [-0.4, -0.2) is 34.7 Å². The summed E-state index contributed by atoms with van der Waals surface area (Å²) >= 11 is 0. The van der Waals surface area contributed by atoms with Gasteiger partial charge >= 0.3 is 5.97 Å². The number of ether oxygens (including phenoxy) is 2. The molecule has 6 heteroatoms. The van der Waals surface area contributed by atoms with Gasteiger partial charge in [-0.2, -0.15) is 0 Å². The number of rotatable bonds is 3. The summed E-state index contributed by atoms with van der Waals surface area (Å²) in [4.78, 5) is 24.6. The Morgan fingerprint density at radius 2 is 1.67 bits per heavy atom. The molecule has 130 valence electrons. The molecule has 2 unspecified atom stereocenters. The van der Waals surface area contributed by atoms with Crippen LogP contribution in [0.3, 0.4) is 0 Å². The summed E-state index contributed by atoms with van der Waals surface area (Å²) in [5.41, 5.74) is -1.20. The van der Waals surface area contributed by atoms with Gasteiger partial charge in [0.2, 0.25) is 6.10 Å². The Morgan fingerprint density at radius 3 is 2.25 bits per heavy atom. The van der Waals surface area contributed by atoms with E-state index < -0.39 is 29.6 Å². The van der Waals surface area contributed by atoms with Crippen LogP contribution in [0.5, 0.6) is 11.5 Å². The highest BCUT2D eigenvalue weighted by molar-refractivity contribution is 5.90. The van der Waals surface area contributed by atoms with Gasteiger partial charge in [0.15, 0.2) is 11.5 Å². The first kappa shape index (κ1) is 16.6. The first-order valence-electron chi connectivity index (χ1n) is 8.50. The summed E-state index contributed by atoms with van der Waals surface area (Å²) in [6.07, 6.45) is 3.14. The van der Waals surface area contributed by atoms with Gasteiger partial charge in [0.05, 0.1) is 0 Å². The van der Waals surface area contributed by atoms with Crippen LogP contribution < -0.4 is 14.8 Å². The van der Waals surface area contributed by atoms with E-state index in [4.69, 9.17) is 9.47 Å². The second kappa shape index (κ2) is 6.71. The van der Waals surface area contributed by atoms with Crippen LogP contribution in [0.25, 0.3) is 0 Å². The second-order valence-corrected chi connectivity index (χ2v) is 6.60. The van der Waals surface area contributed by atoms with Gasteiger partial charge in [-0.25, -0.2) is 4.79 Å². The SMILES string of the molecule is CC1Oc2ccccc2OC1C(=O)NC1(C(=O)O)CCCCCC1. The van der Waals surface area contributed by atoms with Crippen LogP contribution in [0, 0.1) is 0 Å². The van der Waals surface area contributed by atoms with E-state index in [1.54, 1.807) is 25.1 Å². The molecule has 0 spiro atoms. The monoisotopic (exact) mass is 333 g/mol. The molecule has 0 bridgehead atoms. The highest BCUT2D eigenvalue weighted by atomic mass is 16.6. The number of aliphatic carboxylic acids is 1. The minimum Gasteiger partial charge on any atom is -0.482 e. The highest BCUT2D eigenvalue weighted by Gasteiger charge is 2.44. The van der Waals surface area contributed by atoms with Gasteiger partial charge in [-0.05, 0) is 31.9 Å². The van der Waals surface area contributed by atoms with Gasteiger partial charge in [-0.3, -0.25) is 4.79 Å². The van der Waals surface area contributed by atoms with Gasteiger partial charge < -0.3 is 19.9 Å². The number of carbonyl (C=O) groups is 2. The fraction of sp³-hybridized carbons (Fsp3) is 0.556. The Balaban J connectivity index is 1.77. The first-order valence-corrected chi connectivity index (χ1v) is 8.50. The van der Waals surface area contributed by atoms with Crippen molar-refractivity contribution in [3.63, 3.8) is 0 Å². The lowest BCUT2D eigenvalue weighted by atomic mass is 9.89. The Labute approximate surface area is 141 Å². The van der Waals surface area contributed by atoms with Crippen LogP contribution in [0.4, 0.5) is 0 Å². The van der Waals surface area contributed by atoms with E-state index in [1.165, 1.54) is 0 Å². The van der Waals surface area contributed by atoms with Gasteiger partial charge in [0, 0.05) is 0 Å². The molecule has 1 aliphatic heterocycles. The molecular weight excluding hydrogens is 310 g/mol. The number of fused-ring (bicyclic) bond motifs is 1.